The Balaban J connectivity index is 1.50. The van der Waals surface area contributed by atoms with Crippen molar-refractivity contribution in [2.45, 2.75) is 30.6 Å². The number of nitrogens with zero attached hydrogens (tertiary/aromatic N) is 1. The van der Waals surface area contributed by atoms with Gasteiger partial charge >= 0.3 is 0 Å². The lowest BCUT2D eigenvalue weighted by Crippen LogP contribution is -2.47. The number of fused-ring (bicyclic) bond motifs is 1. The average Bonchev–Trinajstić information content (AvgIpc) is 2.84. The highest BCUT2D eigenvalue weighted by atomic mass is 32.2. The third kappa shape index (κ3) is 5.23. The molecule has 2 aromatic rings. The van der Waals surface area contributed by atoms with Crippen LogP contribution in [0.2, 0.25) is 0 Å². The van der Waals surface area contributed by atoms with Crippen LogP contribution in [0.4, 0.5) is 0 Å². The second-order valence-electron chi connectivity index (χ2n) is 8.57. The number of nitrogens with one attached hydrogen (secondary N) is 1. The van der Waals surface area contributed by atoms with Gasteiger partial charge in [0.15, 0.2) is 0 Å². The SMILES string of the molecule is COc1cccc(S(=O)(=O)N2CCC3(C/C=C/CCOc4ccccc4C(=O)NC3)CC2)c1. The molecule has 0 aliphatic carbocycles. The molecule has 33 heavy (non-hydrogen) atoms. The Kier molecular flexibility index (Phi) is 7.05. The molecule has 1 N–H and O–H groups in total. The Morgan fingerprint density at radius 2 is 1.85 bits per heavy atom. The number of rotatable bonds is 3. The molecule has 7 nitrogen and oxygen atoms in total. The number of carbonyl (C=O) groups is 1. The monoisotopic (exact) mass is 470 g/mol. The molecular weight excluding hydrogens is 440 g/mol. The van der Waals surface area contributed by atoms with Crippen LogP contribution in [0, 0.1) is 5.41 Å². The van der Waals surface area contributed by atoms with Gasteiger partial charge in [0, 0.05) is 25.7 Å². The molecule has 0 atom stereocenters. The molecule has 0 aromatic heterocycles. The summed E-state index contributed by atoms with van der Waals surface area (Å²) in [5, 5.41) is 3.08. The van der Waals surface area contributed by atoms with Crippen molar-refractivity contribution in [1.29, 1.82) is 0 Å². The van der Waals surface area contributed by atoms with E-state index in [1.165, 1.54) is 11.4 Å². The topological polar surface area (TPSA) is 84.9 Å². The highest BCUT2D eigenvalue weighted by Gasteiger charge is 2.38. The third-order valence-corrected chi connectivity index (χ3v) is 8.37. The van der Waals surface area contributed by atoms with E-state index in [-0.39, 0.29) is 16.2 Å². The van der Waals surface area contributed by atoms with Gasteiger partial charge in [0.25, 0.3) is 5.91 Å². The van der Waals surface area contributed by atoms with Crippen molar-refractivity contribution in [3.8, 4) is 11.5 Å². The first-order valence-corrected chi connectivity index (χ1v) is 12.7. The van der Waals surface area contributed by atoms with Gasteiger partial charge in [-0.3, -0.25) is 4.79 Å². The van der Waals surface area contributed by atoms with Crippen molar-refractivity contribution in [3.05, 3.63) is 66.2 Å². The van der Waals surface area contributed by atoms with Crippen molar-refractivity contribution in [2.24, 2.45) is 5.41 Å². The van der Waals surface area contributed by atoms with Gasteiger partial charge in [0.1, 0.15) is 11.5 Å². The fraction of sp³-hybridized carbons (Fsp3) is 0.400. The number of benzene rings is 2. The molecule has 1 spiro atoms. The lowest BCUT2D eigenvalue weighted by Gasteiger charge is -2.41. The molecular formula is C25H30N2O5S. The zero-order valence-electron chi connectivity index (χ0n) is 18.8. The number of hydrogen-bond donors (Lipinski definition) is 1. The molecule has 0 radical (unpaired) electrons. The van der Waals surface area contributed by atoms with Crippen molar-refractivity contribution < 1.29 is 22.7 Å². The predicted octanol–water partition coefficient (Wildman–Crippen LogP) is 3.62. The van der Waals surface area contributed by atoms with Gasteiger partial charge in [0.05, 0.1) is 24.2 Å². The van der Waals surface area contributed by atoms with Crippen molar-refractivity contribution in [2.75, 3.05) is 33.4 Å². The van der Waals surface area contributed by atoms with Crippen LogP contribution >= 0.6 is 0 Å². The summed E-state index contributed by atoms with van der Waals surface area (Å²) in [5.41, 5.74) is 0.330. The number of amides is 1. The van der Waals surface area contributed by atoms with Crippen LogP contribution in [0.25, 0.3) is 0 Å². The molecule has 2 heterocycles. The van der Waals surface area contributed by atoms with Gasteiger partial charge < -0.3 is 14.8 Å². The number of sulfonamides is 1. The molecule has 1 saturated heterocycles. The smallest absolute Gasteiger partial charge is 0.255 e. The number of carbonyl (C=O) groups excluding carboxylic acids is 1. The van der Waals surface area contributed by atoms with Crippen molar-refractivity contribution in [1.82, 2.24) is 9.62 Å². The lowest BCUT2D eigenvalue weighted by molar-refractivity contribution is 0.0891. The first-order valence-electron chi connectivity index (χ1n) is 11.2. The summed E-state index contributed by atoms with van der Waals surface area (Å²) in [6.45, 7) is 1.80. The van der Waals surface area contributed by atoms with E-state index in [1.807, 2.05) is 18.2 Å². The number of methoxy groups -OCH3 is 1. The molecule has 4 rings (SSSR count). The molecule has 176 valence electrons. The Morgan fingerprint density at radius 3 is 2.64 bits per heavy atom. The maximum Gasteiger partial charge on any atom is 0.255 e. The van der Waals surface area contributed by atoms with Gasteiger partial charge in [-0.25, -0.2) is 8.42 Å². The second kappa shape index (κ2) is 9.97. The largest absolute Gasteiger partial charge is 0.497 e. The minimum atomic E-state index is -3.61. The van der Waals surface area contributed by atoms with Gasteiger partial charge in [-0.05, 0) is 55.4 Å². The molecule has 0 bridgehead atoms. The Labute approximate surface area is 195 Å². The normalized spacial score (nSPS) is 20.5. The van der Waals surface area contributed by atoms with E-state index in [0.29, 0.717) is 56.1 Å². The van der Waals surface area contributed by atoms with Crippen LogP contribution in [0.5, 0.6) is 11.5 Å². The fourth-order valence-electron chi connectivity index (χ4n) is 4.40. The Bertz CT molecular complexity index is 1120. The van der Waals surface area contributed by atoms with E-state index >= 15 is 0 Å². The van der Waals surface area contributed by atoms with Gasteiger partial charge in [-0.1, -0.05) is 30.4 Å². The van der Waals surface area contributed by atoms with Gasteiger partial charge in [-0.15, -0.1) is 0 Å². The molecule has 2 aromatic carbocycles. The minimum Gasteiger partial charge on any atom is -0.497 e. The minimum absolute atomic E-state index is 0.166. The van der Waals surface area contributed by atoms with Gasteiger partial charge in [-0.2, -0.15) is 4.31 Å². The molecule has 2 aliphatic rings. The predicted molar refractivity (Wildman–Crippen MR) is 126 cm³/mol. The zero-order chi connectivity index (χ0) is 23.3. The molecule has 0 unspecified atom stereocenters. The first kappa shape index (κ1) is 23.3. The summed E-state index contributed by atoms with van der Waals surface area (Å²) < 4.78 is 38.9. The second-order valence-corrected chi connectivity index (χ2v) is 10.5. The fourth-order valence-corrected chi connectivity index (χ4v) is 5.87. The standard InChI is InChI=1S/C25H30N2O5S/c1-31-20-8-7-9-21(18-20)33(29,30)27-15-13-25(14-16-27)12-5-2-6-17-32-23-11-4-3-10-22(23)24(28)26-19-25/h2-5,7-11,18H,6,12-17,19H2,1H3,(H,26,28)/b5-2+. The Hall–Kier alpha value is -2.84. The van der Waals surface area contributed by atoms with E-state index in [4.69, 9.17) is 9.47 Å². The van der Waals surface area contributed by atoms with Crippen LogP contribution in [0.1, 0.15) is 36.0 Å². The summed E-state index contributed by atoms with van der Waals surface area (Å²) in [4.78, 5) is 13.1. The quantitative estimate of drug-likeness (QED) is 0.693. The summed E-state index contributed by atoms with van der Waals surface area (Å²) in [6.07, 6.45) is 7.10. The highest BCUT2D eigenvalue weighted by Crippen LogP contribution is 2.37. The van der Waals surface area contributed by atoms with E-state index in [1.54, 1.807) is 30.3 Å². The van der Waals surface area contributed by atoms with Crippen molar-refractivity contribution in [3.63, 3.8) is 0 Å². The van der Waals surface area contributed by atoms with Gasteiger partial charge in [0.2, 0.25) is 10.0 Å². The maximum atomic E-state index is 13.2. The number of para-hydroxylation sites is 1. The van der Waals surface area contributed by atoms with Crippen LogP contribution in [0.3, 0.4) is 0 Å². The Morgan fingerprint density at radius 1 is 1.06 bits per heavy atom. The molecule has 0 saturated carbocycles. The van der Waals surface area contributed by atoms with E-state index in [9.17, 15) is 13.2 Å². The summed E-state index contributed by atoms with van der Waals surface area (Å²) >= 11 is 0. The van der Waals surface area contributed by atoms with Crippen LogP contribution in [-0.4, -0.2) is 52.0 Å². The van der Waals surface area contributed by atoms with Crippen LogP contribution in [0.15, 0.2) is 65.6 Å². The summed E-state index contributed by atoms with van der Waals surface area (Å²) in [6, 6.07) is 13.8. The zero-order valence-corrected chi connectivity index (χ0v) is 19.6. The summed E-state index contributed by atoms with van der Waals surface area (Å²) in [5.74, 6) is 0.930. The average molecular weight is 471 g/mol. The molecule has 2 aliphatic heterocycles. The number of ether oxygens (including phenoxy) is 2. The highest BCUT2D eigenvalue weighted by molar-refractivity contribution is 7.89. The van der Waals surface area contributed by atoms with Crippen LogP contribution < -0.4 is 14.8 Å². The number of piperidine rings is 1. The van der Waals surface area contributed by atoms with Crippen molar-refractivity contribution >= 4 is 15.9 Å². The van der Waals surface area contributed by atoms with E-state index in [0.717, 1.165) is 12.8 Å². The molecule has 1 amide bonds. The van der Waals surface area contributed by atoms with Crippen LogP contribution in [-0.2, 0) is 10.0 Å². The lowest BCUT2D eigenvalue weighted by atomic mass is 9.76. The third-order valence-electron chi connectivity index (χ3n) is 6.48. The molecule has 1 fully saturated rings. The first-order chi connectivity index (χ1) is 15.9. The summed E-state index contributed by atoms with van der Waals surface area (Å²) in [7, 11) is -2.09. The number of hydrogen-bond acceptors (Lipinski definition) is 5. The number of allylic oxidation sites excluding steroid dienone is 1. The maximum absolute atomic E-state index is 13.2. The molecule has 8 heteroatoms. The van der Waals surface area contributed by atoms with E-state index < -0.39 is 10.0 Å². The van der Waals surface area contributed by atoms with E-state index in [2.05, 4.69) is 17.5 Å².